The molecule has 0 amide bonds. The van der Waals surface area contributed by atoms with Crippen LogP contribution in [0.1, 0.15) is 11.3 Å². The first-order valence-corrected chi connectivity index (χ1v) is 5.81. The summed E-state index contributed by atoms with van der Waals surface area (Å²) in [7, 11) is 0. The van der Waals surface area contributed by atoms with Crippen molar-refractivity contribution in [2.75, 3.05) is 0 Å². The van der Waals surface area contributed by atoms with Crippen molar-refractivity contribution >= 4 is 5.65 Å². The molecule has 19 heavy (non-hydrogen) atoms. The van der Waals surface area contributed by atoms with Crippen LogP contribution in [-0.2, 0) is 13.1 Å². The quantitative estimate of drug-likeness (QED) is 0.700. The first-order chi connectivity index (χ1) is 9.29. The van der Waals surface area contributed by atoms with Crippen LogP contribution in [0.15, 0.2) is 41.7 Å². The van der Waals surface area contributed by atoms with E-state index in [2.05, 4.69) is 15.1 Å². The van der Waals surface area contributed by atoms with E-state index in [0.717, 1.165) is 11.3 Å². The molecule has 0 bridgehead atoms. The van der Waals surface area contributed by atoms with Crippen LogP contribution in [0.25, 0.3) is 5.65 Å². The van der Waals surface area contributed by atoms with Crippen LogP contribution in [0.2, 0.25) is 0 Å². The number of aromatic nitrogens is 5. The smallest absolute Gasteiger partial charge is 0.325 e. The van der Waals surface area contributed by atoms with E-state index in [4.69, 9.17) is 5.73 Å². The topological polar surface area (TPSA) is 91.1 Å². The van der Waals surface area contributed by atoms with E-state index in [1.54, 1.807) is 24.8 Å². The molecule has 0 aliphatic heterocycles. The van der Waals surface area contributed by atoms with Gasteiger partial charge in [0, 0.05) is 25.1 Å². The fourth-order valence-corrected chi connectivity index (χ4v) is 1.94. The Balaban J connectivity index is 2.06. The average Bonchev–Trinajstić information content (AvgIpc) is 2.77. The van der Waals surface area contributed by atoms with Gasteiger partial charge in [-0.25, -0.2) is 13.9 Å². The molecule has 2 N–H and O–H groups in total. The molecule has 3 heterocycles. The molecule has 96 valence electrons. The molecule has 0 radical (unpaired) electrons. The highest BCUT2D eigenvalue weighted by Crippen LogP contribution is 2.06. The lowest BCUT2D eigenvalue weighted by molar-refractivity contribution is 0.650. The maximum atomic E-state index is 12.1. The number of rotatable bonds is 3. The van der Waals surface area contributed by atoms with Crippen LogP contribution in [0, 0.1) is 0 Å². The third kappa shape index (κ3) is 2.00. The summed E-state index contributed by atoms with van der Waals surface area (Å²) in [5.74, 6) is 0. The van der Waals surface area contributed by atoms with Gasteiger partial charge in [-0.2, -0.15) is 0 Å². The van der Waals surface area contributed by atoms with Crippen molar-refractivity contribution in [3.05, 3.63) is 58.7 Å². The largest absolute Gasteiger partial charge is 0.350 e. The van der Waals surface area contributed by atoms with Gasteiger partial charge < -0.3 is 5.73 Å². The Bertz CT molecular complexity index is 775. The fraction of sp³-hybridized carbons (Fsp3) is 0.167. The minimum atomic E-state index is -0.204. The molecule has 3 aromatic rings. The van der Waals surface area contributed by atoms with Crippen molar-refractivity contribution < 1.29 is 0 Å². The predicted octanol–water partition coefficient (Wildman–Crippen LogP) is -0.207. The predicted molar refractivity (Wildman–Crippen MR) is 68.5 cm³/mol. The van der Waals surface area contributed by atoms with Crippen molar-refractivity contribution in [2.45, 2.75) is 13.1 Å². The highest BCUT2D eigenvalue weighted by Gasteiger charge is 2.09. The van der Waals surface area contributed by atoms with Crippen molar-refractivity contribution in [2.24, 2.45) is 5.73 Å². The van der Waals surface area contributed by atoms with E-state index >= 15 is 0 Å². The second kappa shape index (κ2) is 4.62. The normalized spacial score (nSPS) is 11.0. The second-order valence-corrected chi connectivity index (χ2v) is 4.06. The maximum Gasteiger partial charge on any atom is 0.350 e. The minimum absolute atomic E-state index is 0.204. The summed E-state index contributed by atoms with van der Waals surface area (Å²) in [5, 5.41) is 4.22. The van der Waals surface area contributed by atoms with E-state index in [0.29, 0.717) is 18.7 Å². The van der Waals surface area contributed by atoms with Gasteiger partial charge in [-0.3, -0.25) is 9.97 Å². The lowest BCUT2D eigenvalue weighted by Gasteiger charge is -2.05. The minimum Gasteiger partial charge on any atom is -0.325 e. The van der Waals surface area contributed by atoms with Crippen LogP contribution < -0.4 is 11.4 Å². The monoisotopic (exact) mass is 256 g/mol. The van der Waals surface area contributed by atoms with Crippen LogP contribution in [0.5, 0.6) is 0 Å². The molecule has 3 aromatic heterocycles. The third-order valence-electron chi connectivity index (χ3n) is 2.89. The zero-order chi connectivity index (χ0) is 13.2. The van der Waals surface area contributed by atoms with Gasteiger partial charge in [0.05, 0.1) is 18.4 Å². The number of nitrogens with two attached hydrogens (primary N) is 1. The summed E-state index contributed by atoms with van der Waals surface area (Å²) in [4.78, 5) is 20.2. The number of pyridine rings is 1. The molecular formula is C12H12N6O. The van der Waals surface area contributed by atoms with Crippen LogP contribution in [0.3, 0.4) is 0 Å². The van der Waals surface area contributed by atoms with Crippen molar-refractivity contribution in [3.63, 3.8) is 0 Å². The summed E-state index contributed by atoms with van der Waals surface area (Å²) >= 11 is 0. The van der Waals surface area contributed by atoms with E-state index in [1.807, 2.05) is 12.1 Å². The summed E-state index contributed by atoms with van der Waals surface area (Å²) < 4.78 is 2.83. The number of hydrogen-bond donors (Lipinski definition) is 1. The molecule has 0 fully saturated rings. The zero-order valence-corrected chi connectivity index (χ0v) is 10.1. The Morgan fingerprint density at radius 1 is 1.32 bits per heavy atom. The highest BCUT2D eigenvalue weighted by molar-refractivity contribution is 5.32. The molecule has 0 aromatic carbocycles. The molecule has 0 spiro atoms. The van der Waals surface area contributed by atoms with Crippen LogP contribution in [0.4, 0.5) is 0 Å². The highest BCUT2D eigenvalue weighted by atomic mass is 16.2. The van der Waals surface area contributed by atoms with Gasteiger partial charge in [-0.05, 0) is 11.6 Å². The van der Waals surface area contributed by atoms with E-state index in [1.165, 1.54) is 9.08 Å². The Labute approximate surface area is 108 Å². The average molecular weight is 256 g/mol. The fourth-order valence-electron chi connectivity index (χ4n) is 1.94. The molecule has 0 atom stereocenters. The molecule has 0 saturated carbocycles. The number of nitrogens with zero attached hydrogens (tertiary/aromatic N) is 5. The van der Waals surface area contributed by atoms with Crippen molar-refractivity contribution in [1.29, 1.82) is 0 Å². The molecule has 0 unspecified atom stereocenters. The maximum absolute atomic E-state index is 12.1. The zero-order valence-electron chi connectivity index (χ0n) is 10.1. The summed E-state index contributed by atoms with van der Waals surface area (Å²) in [6, 6.07) is 3.71. The Morgan fingerprint density at radius 2 is 2.21 bits per heavy atom. The Hall–Kier alpha value is -2.54. The standard InChI is InChI=1S/C12H12N6O/c13-6-10-9(2-1-3-15-10)8-18-12(19)17-5-4-14-7-11(17)16-18/h1-5,7H,6,8,13H2. The molecule has 7 heteroatoms. The molecular weight excluding hydrogens is 244 g/mol. The van der Waals surface area contributed by atoms with E-state index in [-0.39, 0.29) is 5.69 Å². The molecule has 0 aliphatic rings. The van der Waals surface area contributed by atoms with E-state index in [9.17, 15) is 4.79 Å². The van der Waals surface area contributed by atoms with Crippen LogP contribution >= 0.6 is 0 Å². The first-order valence-electron chi connectivity index (χ1n) is 5.81. The molecule has 7 nitrogen and oxygen atoms in total. The van der Waals surface area contributed by atoms with Gasteiger partial charge in [-0.1, -0.05) is 6.07 Å². The SMILES string of the molecule is NCc1ncccc1Cn1nc2cnccn2c1=O. The van der Waals surface area contributed by atoms with Gasteiger partial charge in [0.15, 0.2) is 5.65 Å². The van der Waals surface area contributed by atoms with Gasteiger partial charge in [0.2, 0.25) is 0 Å². The lowest BCUT2D eigenvalue weighted by atomic mass is 10.2. The molecule has 0 aliphatic carbocycles. The second-order valence-electron chi connectivity index (χ2n) is 4.06. The van der Waals surface area contributed by atoms with E-state index < -0.39 is 0 Å². The van der Waals surface area contributed by atoms with Gasteiger partial charge >= 0.3 is 5.69 Å². The number of hydrogen-bond acceptors (Lipinski definition) is 5. The van der Waals surface area contributed by atoms with Gasteiger partial charge in [0.25, 0.3) is 0 Å². The Morgan fingerprint density at radius 3 is 3.00 bits per heavy atom. The summed E-state index contributed by atoms with van der Waals surface area (Å²) in [6.45, 7) is 0.681. The van der Waals surface area contributed by atoms with Gasteiger partial charge in [0.1, 0.15) is 0 Å². The lowest BCUT2D eigenvalue weighted by Crippen LogP contribution is -2.22. The first kappa shape index (κ1) is 11.5. The Kier molecular flexibility index (Phi) is 2.81. The molecule has 0 saturated heterocycles. The summed E-state index contributed by atoms with van der Waals surface area (Å²) in [5.41, 5.74) is 7.61. The van der Waals surface area contributed by atoms with Gasteiger partial charge in [-0.15, -0.1) is 5.10 Å². The van der Waals surface area contributed by atoms with Crippen molar-refractivity contribution in [3.8, 4) is 0 Å². The summed E-state index contributed by atoms with van der Waals surface area (Å²) in [6.07, 6.45) is 6.37. The number of fused-ring (bicyclic) bond motifs is 1. The third-order valence-corrected chi connectivity index (χ3v) is 2.89. The van der Waals surface area contributed by atoms with Crippen LogP contribution in [-0.4, -0.2) is 24.1 Å². The molecule has 3 rings (SSSR count). The van der Waals surface area contributed by atoms with Crippen molar-refractivity contribution in [1.82, 2.24) is 24.1 Å².